The Balaban J connectivity index is 1.46. The van der Waals surface area contributed by atoms with E-state index in [2.05, 4.69) is 20.3 Å². The molecule has 0 radical (unpaired) electrons. The van der Waals surface area contributed by atoms with Crippen molar-refractivity contribution in [1.82, 2.24) is 19.5 Å². The maximum Gasteiger partial charge on any atom is 0.308 e. The van der Waals surface area contributed by atoms with Gasteiger partial charge in [-0.15, -0.1) is 0 Å². The molecule has 4 aliphatic rings. The maximum absolute atomic E-state index is 14.0. The molecule has 3 atom stereocenters. The van der Waals surface area contributed by atoms with Crippen molar-refractivity contribution in [2.24, 2.45) is 23.7 Å². The van der Waals surface area contributed by atoms with E-state index in [1.807, 2.05) is 6.92 Å². The Kier molecular flexibility index (Phi) is 4.97. The van der Waals surface area contributed by atoms with Crippen LogP contribution >= 0.6 is 0 Å². The largest absolute Gasteiger partial charge is 0.481 e. The van der Waals surface area contributed by atoms with Gasteiger partial charge in [0, 0.05) is 35.4 Å². The van der Waals surface area contributed by atoms with Crippen LogP contribution in [0.15, 0.2) is 29.5 Å². The zero-order valence-electron chi connectivity index (χ0n) is 19.0. The predicted octanol–water partition coefficient (Wildman–Crippen LogP) is 4.20. The Morgan fingerprint density at radius 2 is 1.97 bits per heavy atom. The van der Waals surface area contributed by atoms with Gasteiger partial charge in [0.2, 0.25) is 0 Å². The van der Waals surface area contributed by atoms with E-state index in [0.29, 0.717) is 28.2 Å². The normalized spacial score (nSPS) is 27.1. The van der Waals surface area contributed by atoms with Gasteiger partial charge in [0.25, 0.3) is 5.56 Å². The molecule has 34 heavy (non-hydrogen) atoms. The van der Waals surface area contributed by atoms with Crippen LogP contribution in [-0.4, -0.2) is 36.6 Å². The minimum Gasteiger partial charge on any atom is -0.481 e. The highest BCUT2D eigenvalue weighted by molar-refractivity contribution is 5.92. The first-order valence-electron chi connectivity index (χ1n) is 12.2. The summed E-state index contributed by atoms with van der Waals surface area (Å²) < 4.78 is 15.7. The first-order chi connectivity index (χ1) is 16.4. The molecule has 4 saturated carbocycles. The molecule has 3 heterocycles. The number of carboxylic acids is 1. The summed E-state index contributed by atoms with van der Waals surface area (Å²) in [5, 5.41) is 13.8. The van der Waals surface area contributed by atoms with E-state index in [1.165, 1.54) is 6.07 Å². The Bertz CT molecular complexity index is 1320. The summed E-state index contributed by atoms with van der Waals surface area (Å²) in [5.74, 6) is -0.859. The topological polar surface area (TPSA) is 113 Å². The second-order valence-corrected chi connectivity index (χ2v) is 10.2. The minimum atomic E-state index is -0.812. The highest BCUT2D eigenvalue weighted by Crippen LogP contribution is 2.46. The van der Waals surface area contributed by atoms with E-state index in [-0.39, 0.29) is 35.3 Å². The second-order valence-electron chi connectivity index (χ2n) is 10.2. The number of rotatable bonds is 6. The Hall–Kier alpha value is -3.23. The highest BCUT2D eigenvalue weighted by atomic mass is 19.1. The monoisotopic (exact) mass is 465 g/mol. The van der Waals surface area contributed by atoms with Gasteiger partial charge in [0.1, 0.15) is 11.5 Å². The Morgan fingerprint density at radius 3 is 2.68 bits per heavy atom. The van der Waals surface area contributed by atoms with Crippen LogP contribution in [0.1, 0.15) is 51.5 Å². The fraction of sp³-hybridized carbons (Fsp3) is 0.520. The highest BCUT2D eigenvalue weighted by Gasteiger charge is 2.47. The van der Waals surface area contributed by atoms with Crippen molar-refractivity contribution in [1.29, 1.82) is 0 Å². The molecule has 9 heteroatoms. The van der Waals surface area contributed by atoms with E-state index in [1.54, 1.807) is 17.0 Å². The molecule has 2 bridgehead atoms. The van der Waals surface area contributed by atoms with Crippen LogP contribution in [0, 0.1) is 29.5 Å². The number of hydrogen-bond acceptors (Lipinski definition) is 5. The molecule has 7 rings (SSSR count). The van der Waals surface area contributed by atoms with Crippen LogP contribution in [0.25, 0.3) is 22.3 Å². The van der Waals surface area contributed by atoms with Gasteiger partial charge in [-0.05, 0) is 69.3 Å². The van der Waals surface area contributed by atoms with Gasteiger partial charge in [0.15, 0.2) is 5.82 Å². The van der Waals surface area contributed by atoms with Crippen LogP contribution in [0.2, 0.25) is 0 Å². The summed E-state index contributed by atoms with van der Waals surface area (Å²) in [7, 11) is 0. The van der Waals surface area contributed by atoms with Gasteiger partial charge in [-0.25, -0.2) is 14.4 Å². The molecule has 178 valence electrons. The zero-order chi connectivity index (χ0) is 23.6. The fourth-order valence-electron chi connectivity index (χ4n) is 6.20. The number of aliphatic carboxylic acids is 1. The van der Waals surface area contributed by atoms with Crippen molar-refractivity contribution in [3.05, 3.63) is 40.8 Å². The van der Waals surface area contributed by atoms with Gasteiger partial charge in [0.05, 0.1) is 17.8 Å². The maximum atomic E-state index is 14.0. The summed E-state index contributed by atoms with van der Waals surface area (Å²) in [6, 6.07) is 1.07. The van der Waals surface area contributed by atoms with Crippen molar-refractivity contribution in [3.63, 3.8) is 0 Å². The lowest BCUT2D eigenvalue weighted by atomic mass is 9.61. The molecule has 0 spiro atoms. The molecule has 0 aromatic carbocycles. The van der Waals surface area contributed by atoms with Crippen LogP contribution in [0.5, 0.6) is 0 Å². The van der Waals surface area contributed by atoms with E-state index in [9.17, 15) is 19.1 Å². The quantitative estimate of drug-likeness (QED) is 0.503. The third-order valence-corrected chi connectivity index (χ3v) is 8.26. The van der Waals surface area contributed by atoms with E-state index >= 15 is 0 Å². The van der Waals surface area contributed by atoms with Crippen molar-refractivity contribution in [3.8, 4) is 11.3 Å². The lowest BCUT2D eigenvalue weighted by molar-refractivity contribution is -0.148. The number of carboxylic acid groups (broad SMARTS) is 1. The molecule has 0 aliphatic heterocycles. The Labute approximate surface area is 195 Å². The molecular formula is C25H28FN5O3. The predicted molar refractivity (Wildman–Crippen MR) is 125 cm³/mol. The molecule has 0 amide bonds. The lowest BCUT2D eigenvalue weighted by Gasteiger charge is -2.47. The third-order valence-electron chi connectivity index (χ3n) is 8.26. The Morgan fingerprint density at radius 1 is 1.24 bits per heavy atom. The van der Waals surface area contributed by atoms with Gasteiger partial charge < -0.3 is 20.0 Å². The smallest absolute Gasteiger partial charge is 0.308 e. The lowest BCUT2D eigenvalue weighted by Crippen LogP contribution is -2.52. The number of aromatic nitrogens is 4. The van der Waals surface area contributed by atoms with Gasteiger partial charge in [-0.3, -0.25) is 9.59 Å². The number of nitrogens with one attached hydrogen (secondary N) is 2. The van der Waals surface area contributed by atoms with Crippen molar-refractivity contribution >= 4 is 22.8 Å². The number of carbonyl (C=O) groups is 1. The molecular weight excluding hydrogens is 437 g/mol. The van der Waals surface area contributed by atoms with Crippen molar-refractivity contribution in [2.45, 2.75) is 57.5 Å². The van der Waals surface area contributed by atoms with E-state index < -0.39 is 17.7 Å². The molecule has 0 saturated heterocycles. The summed E-state index contributed by atoms with van der Waals surface area (Å²) in [6.07, 6.45) is 10.5. The van der Waals surface area contributed by atoms with Gasteiger partial charge >= 0.3 is 5.97 Å². The summed E-state index contributed by atoms with van der Waals surface area (Å²) in [4.78, 5) is 37.5. The molecule has 1 unspecified atom stereocenters. The average Bonchev–Trinajstić information content (AvgIpc) is 3.60. The average molecular weight is 466 g/mol. The van der Waals surface area contributed by atoms with Crippen molar-refractivity contribution < 1.29 is 14.3 Å². The summed E-state index contributed by atoms with van der Waals surface area (Å²) in [6.45, 7) is 2.03. The number of fused-ring (bicyclic) bond motifs is 4. The SMILES string of the molecule is CC(C1CC1)n1cc(-c2c[nH]c3ncc(F)cc23)nc(N[C@H]2C3CCC(CC3)[C@@H]2C(=O)O)c1=O. The molecule has 3 aromatic heterocycles. The van der Waals surface area contributed by atoms with E-state index in [0.717, 1.165) is 44.7 Å². The number of anilines is 1. The number of H-pyrrole nitrogens is 1. The number of aromatic amines is 1. The molecule has 3 aromatic rings. The fourth-order valence-corrected chi connectivity index (χ4v) is 6.20. The zero-order valence-corrected chi connectivity index (χ0v) is 19.0. The van der Waals surface area contributed by atoms with E-state index in [4.69, 9.17) is 0 Å². The van der Waals surface area contributed by atoms with Crippen LogP contribution in [0.4, 0.5) is 10.2 Å². The van der Waals surface area contributed by atoms with Crippen LogP contribution in [0.3, 0.4) is 0 Å². The van der Waals surface area contributed by atoms with Gasteiger partial charge in [-0.1, -0.05) is 0 Å². The third kappa shape index (κ3) is 3.49. The second kappa shape index (κ2) is 7.92. The molecule has 4 aliphatic carbocycles. The number of nitrogens with zero attached hydrogens (tertiary/aromatic N) is 3. The van der Waals surface area contributed by atoms with Crippen LogP contribution in [-0.2, 0) is 4.79 Å². The minimum absolute atomic E-state index is 0.00653. The first-order valence-corrected chi connectivity index (χ1v) is 12.2. The van der Waals surface area contributed by atoms with Gasteiger partial charge in [-0.2, -0.15) is 0 Å². The summed E-state index contributed by atoms with van der Waals surface area (Å²) in [5.41, 5.74) is 1.48. The summed E-state index contributed by atoms with van der Waals surface area (Å²) >= 11 is 0. The van der Waals surface area contributed by atoms with Crippen molar-refractivity contribution in [2.75, 3.05) is 5.32 Å². The number of halogens is 1. The van der Waals surface area contributed by atoms with Crippen LogP contribution < -0.4 is 10.9 Å². The molecule has 3 N–H and O–H groups in total. The number of pyridine rings is 1. The standard InChI is InChI=1S/C25H28FN5O3/c1-12(13-2-3-13)31-11-19(18-10-28-22-17(18)8-16(26)9-27-22)29-23(24(31)32)30-21-15-6-4-14(5-7-15)20(21)25(33)34/h8-15,20-21H,2-7H2,1H3,(H,27,28)(H,29,30)(H,33,34)/t12?,14?,15?,20-,21-/m0/s1. The first kappa shape index (κ1) is 21.3. The molecule has 8 nitrogen and oxygen atoms in total. The number of hydrogen-bond donors (Lipinski definition) is 3. The molecule has 4 fully saturated rings.